The second-order valence-electron chi connectivity index (χ2n) is 1.01. The molecule has 0 saturated heterocycles. The molecule has 3 heteroatoms. The lowest BCUT2D eigenvalue weighted by molar-refractivity contribution is 0.0690. The van der Waals surface area contributed by atoms with Crippen LogP contribution in [0.1, 0.15) is 0 Å². The van der Waals surface area contributed by atoms with Crippen LogP contribution in [0.3, 0.4) is 0 Å². The fourth-order valence-corrected chi connectivity index (χ4v) is 0.481. The molecule has 0 aliphatic carbocycles. The van der Waals surface area contributed by atoms with Crippen LogP contribution in [-0.2, 0) is 4.74 Å². The molecular formula is C4H9FOS. The van der Waals surface area contributed by atoms with E-state index in [1.807, 2.05) is 6.26 Å². The van der Waals surface area contributed by atoms with Crippen molar-refractivity contribution in [2.75, 3.05) is 25.5 Å². The third-order valence-electron chi connectivity index (χ3n) is 0.509. The maximum atomic E-state index is 11.1. The Labute approximate surface area is 47.2 Å². The van der Waals surface area contributed by atoms with Crippen LogP contribution >= 0.6 is 11.8 Å². The summed E-state index contributed by atoms with van der Waals surface area (Å²) in [6.45, 7) is -0.127. The third kappa shape index (κ3) is 6.24. The number of alkyl halides is 1. The first kappa shape index (κ1) is 7.24. The van der Waals surface area contributed by atoms with Crippen LogP contribution in [0, 0.1) is 0 Å². The lowest BCUT2D eigenvalue weighted by Crippen LogP contribution is -1.93. The topological polar surface area (TPSA) is 9.23 Å². The summed E-state index contributed by atoms with van der Waals surface area (Å²) in [7, 11) is 0. The minimum atomic E-state index is -0.652. The molecule has 44 valence electrons. The number of hydrogen-bond donors (Lipinski definition) is 0. The molecule has 0 aromatic heterocycles. The quantitative estimate of drug-likeness (QED) is 0.522. The molecule has 0 rings (SSSR count). The van der Waals surface area contributed by atoms with E-state index >= 15 is 0 Å². The van der Waals surface area contributed by atoms with E-state index in [2.05, 4.69) is 4.74 Å². The van der Waals surface area contributed by atoms with Gasteiger partial charge in [-0.25, -0.2) is 4.39 Å². The van der Waals surface area contributed by atoms with Gasteiger partial charge in [0.25, 0.3) is 0 Å². The highest BCUT2D eigenvalue weighted by Gasteiger charge is 1.80. The minimum Gasteiger partial charge on any atom is -0.350 e. The zero-order chi connectivity index (χ0) is 5.54. The SMILES string of the molecule is CSCCOCF. The standard InChI is InChI=1S/C4H9FOS/c1-7-3-2-6-4-5/h2-4H2,1H3. The minimum absolute atomic E-state index is 0.525. The highest BCUT2D eigenvalue weighted by atomic mass is 32.2. The van der Waals surface area contributed by atoms with Crippen LogP contribution in [0.4, 0.5) is 4.39 Å². The Balaban J connectivity index is 2.45. The van der Waals surface area contributed by atoms with Crippen molar-refractivity contribution in [3.05, 3.63) is 0 Å². The second-order valence-corrected chi connectivity index (χ2v) is 2.00. The Morgan fingerprint density at radius 1 is 1.71 bits per heavy atom. The first-order valence-corrected chi connectivity index (χ1v) is 3.44. The molecule has 0 spiro atoms. The third-order valence-corrected chi connectivity index (χ3v) is 1.08. The van der Waals surface area contributed by atoms with Crippen LogP contribution in [0.5, 0.6) is 0 Å². The van der Waals surface area contributed by atoms with Crippen molar-refractivity contribution < 1.29 is 9.13 Å². The summed E-state index contributed by atoms with van der Waals surface area (Å²) in [6, 6.07) is 0. The predicted molar refractivity (Wildman–Crippen MR) is 30.3 cm³/mol. The Morgan fingerprint density at radius 3 is 2.86 bits per heavy atom. The van der Waals surface area contributed by atoms with Gasteiger partial charge in [0.05, 0.1) is 6.61 Å². The van der Waals surface area contributed by atoms with Gasteiger partial charge in [0.1, 0.15) is 0 Å². The molecule has 0 amide bonds. The van der Waals surface area contributed by atoms with E-state index in [4.69, 9.17) is 0 Å². The molecule has 0 aromatic carbocycles. The highest BCUT2D eigenvalue weighted by molar-refractivity contribution is 7.98. The maximum absolute atomic E-state index is 11.1. The van der Waals surface area contributed by atoms with E-state index in [9.17, 15) is 4.39 Å². The maximum Gasteiger partial charge on any atom is 0.188 e. The van der Waals surface area contributed by atoms with Crippen LogP contribution in [0.15, 0.2) is 0 Å². The number of rotatable bonds is 4. The highest BCUT2D eigenvalue weighted by Crippen LogP contribution is 1.89. The molecule has 0 atom stereocenters. The van der Waals surface area contributed by atoms with E-state index in [-0.39, 0.29) is 0 Å². The molecule has 0 bridgehead atoms. The van der Waals surface area contributed by atoms with E-state index in [1.54, 1.807) is 11.8 Å². The summed E-state index contributed by atoms with van der Waals surface area (Å²) < 4.78 is 15.5. The van der Waals surface area contributed by atoms with Gasteiger partial charge in [-0.3, -0.25) is 0 Å². The molecule has 0 aliphatic rings. The molecule has 0 fully saturated rings. The van der Waals surface area contributed by atoms with Crippen molar-refractivity contribution in [1.82, 2.24) is 0 Å². The lowest BCUT2D eigenvalue weighted by atomic mass is 10.9. The zero-order valence-corrected chi connectivity index (χ0v) is 5.13. The van der Waals surface area contributed by atoms with Crippen molar-refractivity contribution >= 4 is 11.8 Å². The van der Waals surface area contributed by atoms with Crippen molar-refractivity contribution in [2.45, 2.75) is 0 Å². The number of hydrogen-bond acceptors (Lipinski definition) is 2. The van der Waals surface area contributed by atoms with Gasteiger partial charge in [-0.15, -0.1) is 0 Å². The molecule has 0 heterocycles. The van der Waals surface area contributed by atoms with Gasteiger partial charge in [0.15, 0.2) is 6.86 Å². The Hall–Kier alpha value is 0.240. The predicted octanol–water partition coefficient (Wildman–Crippen LogP) is 1.29. The van der Waals surface area contributed by atoms with Crippen molar-refractivity contribution in [2.24, 2.45) is 0 Å². The summed E-state index contributed by atoms with van der Waals surface area (Å²) in [5, 5.41) is 0. The van der Waals surface area contributed by atoms with Gasteiger partial charge in [0.2, 0.25) is 0 Å². The van der Waals surface area contributed by atoms with Gasteiger partial charge in [-0.05, 0) is 6.26 Å². The average Bonchev–Trinajstić information content (AvgIpc) is 1.69. The fourth-order valence-electron chi connectivity index (χ4n) is 0.197. The number of ether oxygens (including phenoxy) is 1. The fraction of sp³-hybridized carbons (Fsp3) is 1.00. The summed E-state index contributed by atoms with van der Waals surface area (Å²) in [5.74, 6) is 0.879. The first-order valence-electron chi connectivity index (χ1n) is 2.04. The largest absolute Gasteiger partial charge is 0.350 e. The van der Waals surface area contributed by atoms with Gasteiger partial charge in [-0.1, -0.05) is 0 Å². The summed E-state index contributed by atoms with van der Waals surface area (Å²) in [5.41, 5.74) is 0. The van der Waals surface area contributed by atoms with E-state index in [1.165, 1.54) is 0 Å². The van der Waals surface area contributed by atoms with Gasteiger partial charge in [-0.2, -0.15) is 11.8 Å². The Morgan fingerprint density at radius 2 is 2.43 bits per heavy atom. The molecule has 0 N–H and O–H groups in total. The van der Waals surface area contributed by atoms with Crippen LogP contribution in [0.25, 0.3) is 0 Å². The van der Waals surface area contributed by atoms with Gasteiger partial charge >= 0.3 is 0 Å². The molecule has 0 unspecified atom stereocenters. The van der Waals surface area contributed by atoms with Crippen molar-refractivity contribution in [1.29, 1.82) is 0 Å². The number of halogens is 1. The monoisotopic (exact) mass is 124 g/mol. The van der Waals surface area contributed by atoms with E-state index in [0.717, 1.165) is 5.75 Å². The molecule has 0 radical (unpaired) electrons. The second kappa shape index (κ2) is 6.24. The smallest absolute Gasteiger partial charge is 0.188 e. The Kier molecular flexibility index (Phi) is 6.45. The molecule has 7 heavy (non-hydrogen) atoms. The summed E-state index contributed by atoms with van der Waals surface area (Å²) in [6.07, 6.45) is 1.96. The van der Waals surface area contributed by atoms with Crippen LogP contribution in [0.2, 0.25) is 0 Å². The summed E-state index contributed by atoms with van der Waals surface area (Å²) >= 11 is 1.65. The summed E-state index contributed by atoms with van der Waals surface area (Å²) in [4.78, 5) is 0. The molecule has 1 nitrogen and oxygen atoms in total. The first-order chi connectivity index (χ1) is 3.41. The molecule has 0 saturated carbocycles. The van der Waals surface area contributed by atoms with Crippen molar-refractivity contribution in [3.8, 4) is 0 Å². The van der Waals surface area contributed by atoms with Crippen LogP contribution < -0.4 is 0 Å². The molecule has 0 aromatic rings. The van der Waals surface area contributed by atoms with E-state index in [0.29, 0.717) is 6.61 Å². The Bertz CT molecular complexity index is 30.9. The molecular weight excluding hydrogens is 115 g/mol. The molecule has 0 aliphatic heterocycles. The number of thioether (sulfide) groups is 1. The van der Waals surface area contributed by atoms with Gasteiger partial charge in [0, 0.05) is 5.75 Å². The van der Waals surface area contributed by atoms with Crippen LogP contribution in [-0.4, -0.2) is 25.5 Å². The van der Waals surface area contributed by atoms with Gasteiger partial charge < -0.3 is 4.74 Å². The lowest BCUT2D eigenvalue weighted by Gasteiger charge is -1.92. The zero-order valence-electron chi connectivity index (χ0n) is 4.32. The van der Waals surface area contributed by atoms with E-state index < -0.39 is 6.86 Å². The normalized spacial score (nSPS) is 9.43. The average molecular weight is 124 g/mol. The van der Waals surface area contributed by atoms with Crippen molar-refractivity contribution in [3.63, 3.8) is 0 Å².